The second-order valence-corrected chi connectivity index (χ2v) is 5.85. The molecule has 0 spiro atoms. The van der Waals surface area contributed by atoms with Gasteiger partial charge in [0.1, 0.15) is 5.69 Å². The molecule has 0 radical (unpaired) electrons. The minimum atomic E-state index is -0.495. The van der Waals surface area contributed by atoms with Crippen LogP contribution in [0.15, 0.2) is 24.4 Å². The molecule has 0 saturated heterocycles. The Hall–Kier alpha value is -2.90. The standard InChI is InChI=1S/C16H21N5O3/c1-10(2)19-16(22)12-5-6-14(15(7-12)21(23)24)17-8-13-9-18-20(4)11(13)3/h5-7,9-10,17H,8H2,1-4H3,(H,19,22). The molecule has 1 heterocycles. The normalized spacial score (nSPS) is 10.7. The summed E-state index contributed by atoms with van der Waals surface area (Å²) in [6.45, 7) is 6.01. The van der Waals surface area contributed by atoms with Crippen LogP contribution in [0.5, 0.6) is 0 Å². The van der Waals surface area contributed by atoms with Crippen LogP contribution in [0.1, 0.15) is 35.5 Å². The molecule has 0 bridgehead atoms. The van der Waals surface area contributed by atoms with E-state index in [1.54, 1.807) is 23.0 Å². The van der Waals surface area contributed by atoms with E-state index in [2.05, 4.69) is 15.7 Å². The molecule has 2 aromatic rings. The predicted molar refractivity (Wildman–Crippen MR) is 91.0 cm³/mol. The third-order valence-electron chi connectivity index (χ3n) is 3.68. The van der Waals surface area contributed by atoms with E-state index in [-0.39, 0.29) is 23.2 Å². The zero-order chi connectivity index (χ0) is 17.9. The quantitative estimate of drug-likeness (QED) is 0.625. The number of anilines is 1. The van der Waals surface area contributed by atoms with E-state index in [0.717, 1.165) is 11.3 Å². The smallest absolute Gasteiger partial charge is 0.293 e. The van der Waals surface area contributed by atoms with E-state index in [1.165, 1.54) is 6.07 Å². The van der Waals surface area contributed by atoms with Crippen molar-refractivity contribution in [3.8, 4) is 0 Å². The number of hydrogen-bond acceptors (Lipinski definition) is 5. The molecule has 2 rings (SSSR count). The first-order chi connectivity index (χ1) is 11.3. The first kappa shape index (κ1) is 17.5. The zero-order valence-corrected chi connectivity index (χ0v) is 14.2. The Bertz CT molecular complexity index is 767. The van der Waals surface area contributed by atoms with Gasteiger partial charge in [0.05, 0.1) is 11.1 Å². The molecular weight excluding hydrogens is 310 g/mol. The molecule has 128 valence electrons. The number of aromatic nitrogens is 2. The van der Waals surface area contributed by atoms with Gasteiger partial charge < -0.3 is 10.6 Å². The number of nitrogens with one attached hydrogen (secondary N) is 2. The number of benzene rings is 1. The van der Waals surface area contributed by atoms with E-state index in [4.69, 9.17) is 0 Å². The summed E-state index contributed by atoms with van der Waals surface area (Å²) in [5, 5.41) is 21.2. The fourth-order valence-corrected chi connectivity index (χ4v) is 2.23. The van der Waals surface area contributed by atoms with Crippen LogP contribution < -0.4 is 10.6 Å². The highest BCUT2D eigenvalue weighted by Gasteiger charge is 2.18. The molecule has 1 aromatic carbocycles. The Morgan fingerprint density at radius 3 is 2.67 bits per heavy atom. The maximum absolute atomic E-state index is 12.0. The van der Waals surface area contributed by atoms with Gasteiger partial charge in [-0.05, 0) is 32.9 Å². The van der Waals surface area contributed by atoms with Crippen molar-refractivity contribution in [1.82, 2.24) is 15.1 Å². The molecule has 8 heteroatoms. The number of nitro benzene ring substituents is 1. The van der Waals surface area contributed by atoms with Crippen LogP contribution >= 0.6 is 0 Å². The topological polar surface area (TPSA) is 102 Å². The Balaban J connectivity index is 2.22. The van der Waals surface area contributed by atoms with E-state index >= 15 is 0 Å². The fraction of sp³-hybridized carbons (Fsp3) is 0.375. The second-order valence-electron chi connectivity index (χ2n) is 5.85. The molecule has 0 fully saturated rings. The van der Waals surface area contributed by atoms with Crippen LogP contribution in [0.2, 0.25) is 0 Å². The van der Waals surface area contributed by atoms with Crippen LogP contribution in [0.3, 0.4) is 0 Å². The molecule has 2 N–H and O–H groups in total. The Morgan fingerprint density at radius 1 is 1.42 bits per heavy atom. The molecule has 0 aliphatic carbocycles. The van der Waals surface area contributed by atoms with Crippen molar-refractivity contribution in [3.63, 3.8) is 0 Å². The number of nitrogens with zero attached hydrogens (tertiary/aromatic N) is 3. The van der Waals surface area contributed by atoms with Gasteiger partial charge in [-0.15, -0.1) is 0 Å². The second kappa shape index (κ2) is 7.12. The number of carbonyl (C=O) groups is 1. The van der Waals surface area contributed by atoms with Gasteiger partial charge in [0.2, 0.25) is 0 Å². The van der Waals surface area contributed by atoms with Crippen molar-refractivity contribution < 1.29 is 9.72 Å². The zero-order valence-electron chi connectivity index (χ0n) is 14.2. The molecule has 0 aliphatic rings. The van der Waals surface area contributed by atoms with Gasteiger partial charge in [-0.2, -0.15) is 5.10 Å². The van der Waals surface area contributed by atoms with Crippen molar-refractivity contribution >= 4 is 17.3 Å². The molecule has 0 atom stereocenters. The fourth-order valence-electron chi connectivity index (χ4n) is 2.23. The van der Waals surface area contributed by atoms with Crippen molar-refractivity contribution in [1.29, 1.82) is 0 Å². The third-order valence-corrected chi connectivity index (χ3v) is 3.68. The summed E-state index contributed by atoms with van der Waals surface area (Å²) in [5.74, 6) is -0.331. The van der Waals surface area contributed by atoms with Gasteiger partial charge in [-0.1, -0.05) is 0 Å². The number of aryl methyl sites for hydroxylation is 1. The Labute approximate surface area is 140 Å². The van der Waals surface area contributed by atoms with Crippen LogP contribution in [-0.2, 0) is 13.6 Å². The van der Waals surface area contributed by atoms with Gasteiger partial charge in [-0.3, -0.25) is 19.6 Å². The maximum Gasteiger partial charge on any atom is 0.293 e. The van der Waals surface area contributed by atoms with E-state index in [1.807, 2.05) is 27.8 Å². The number of nitro groups is 1. The lowest BCUT2D eigenvalue weighted by Gasteiger charge is -2.10. The van der Waals surface area contributed by atoms with Gasteiger partial charge in [0, 0.05) is 42.5 Å². The van der Waals surface area contributed by atoms with Gasteiger partial charge in [0.15, 0.2) is 0 Å². The molecule has 24 heavy (non-hydrogen) atoms. The molecule has 1 amide bonds. The van der Waals surface area contributed by atoms with Crippen LogP contribution in [0.25, 0.3) is 0 Å². The number of amides is 1. The lowest BCUT2D eigenvalue weighted by atomic mass is 10.1. The number of hydrogen-bond donors (Lipinski definition) is 2. The van der Waals surface area contributed by atoms with E-state index in [0.29, 0.717) is 12.2 Å². The van der Waals surface area contributed by atoms with Crippen LogP contribution in [-0.4, -0.2) is 26.7 Å². The van der Waals surface area contributed by atoms with Crippen molar-refractivity contribution in [2.45, 2.75) is 33.4 Å². The molecular formula is C16H21N5O3. The van der Waals surface area contributed by atoms with Crippen molar-refractivity contribution in [2.75, 3.05) is 5.32 Å². The Kier molecular flexibility index (Phi) is 5.18. The van der Waals surface area contributed by atoms with Gasteiger partial charge in [0.25, 0.3) is 11.6 Å². The SMILES string of the molecule is Cc1c(CNc2ccc(C(=O)NC(C)C)cc2[N+](=O)[O-])cnn1C. The summed E-state index contributed by atoms with van der Waals surface area (Å²) in [5.41, 5.74) is 2.43. The highest BCUT2D eigenvalue weighted by atomic mass is 16.6. The maximum atomic E-state index is 12.0. The van der Waals surface area contributed by atoms with Crippen molar-refractivity contribution in [3.05, 3.63) is 51.3 Å². The monoisotopic (exact) mass is 331 g/mol. The van der Waals surface area contributed by atoms with E-state index < -0.39 is 4.92 Å². The van der Waals surface area contributed by atoms with Gasteiger partial charge >= 0.3 is 0 Å². The molecule has 8 nitrogen and oxygen atoms in total. The highest BCUT2D eigenvalue weighted by molar-refractivity contribution is 5.95. The largest absolute Gasteiger partial charge is 0.375 e. The first-order valence-corrected chi connectivity index (χ1v) is 7.60. The number of rotatable bonds is 6. The summed E-state index contributed by atoms with van der Waals surface area (Å²) in [6.07, 6.45) is 1.72. The number of carbonyl (C=O) groups excluding carboxylic acids is 1. The Morgan fingerprint density at radius 2 is 2.12 bits per heavy atom. The minimum absolute atomic E-state index is 0.0390. The summed E-state index contributed by atoms with van der Waals surface area (Å²) >= 11 is 0. The average Bonchev–Trinajstić information content (AvgIpc) is 2.83. The summed E-state index contributed by atoms with van der Waals surface area (Å²) in [6, 6.07) is 4.38. The van der Waals surface area contributed by atoms with E-state index in [9.17, 15) is 14.9 Å². The van der Waals surface area contributed by atoms with Gasteiger partial charge in [-0.25, -0.2) is 0 Å². The van der Waals surface area contributed by atoms with Crippen molar-refractivity contribution in [2.24, 2.45) is 7.05 Å². The molecule has 1 aromatic heterocycles. The minimum Gasteiger partial charge on any atom is -0.375 e. The lowest BCUT2D eigenvalue weighted by Crippen LogP contribution is -2.30. The average molecular weight is 331 g/mol. The molecule has 0 aliphatic heterocycles. The summed E-state index contributed by atoms with van der Waals surface area (Å²) in [7, 11) is 1.84. The molecule has 0 saturated carbocycles. The lowest BCUT2D eigenvalue weighted by molar-refractivity contribution is -0.384. The third kappa shape index (κ3) is 3.89. The van der Waals surface area contributed by atoms with Crippen LogP contribution in [0, 0.1) is 17.0 Å². The summed E-state index contributed by atoms with van der Waals surface area (Å²) < 4.78 is 1.74. The van der Waals surface area contributed by atoms with Crippen LogP contribution in [0.4, 0.5) is 11.4 Å². The highest BCUT2D eigenvalue weighted by Crippen LogP contribution is 2.26. The summed E-state index contributed by atoms with van der Waals surface area (Å²) in [4.78, 5) is 22.8. The predicted octanol–water partition coefficient (Wildman–Crippen LogP) is 2.39. The molecule has 0 unspecified atom stereocenters. The first-order valence-electron chi connectivity index (χ1n) is 7.60.